The lowest BCUT2D eigenvalue weighted by Gasteiger charge is -2.19. The predicted octanol–water partition coefficient (Wildman–Crippen LogP) is 1.25. The van der Waals surface area contributed by atoms with Gasteiger partial charge in [0.25, 0.3) is 10.1 Å². The van der Waals surface area contributed by atoms with E-state index in [0.29, 0.717) is 6.42 Å². The Morgan fingerprint density at radius 2 is 2.00 bits per heavy atom. The molecule has 0 N–H and O–H groups in total. The van der Waals surface area contributed by atoms with Crippen molar-refractivity contribution in [2.24, 2.45) is 0 Å². The fourth-order valence-corrected chi connectivity index (χ4v) is 2.01. The highest BCUT2D eigenvalue weighted by Gasteiger charge is 2.29. The first-order valence-corrected chi connectivity index (χ1v) is 6.53. The molecular formula is C10H18O5S. The second-order valence-electron chi connectivity index (χ2n) is 3.37. The second kappa shape index (κ2) is 6.65. The van der Waals surface area contributed by atoms with E-state index in [1.807, 2.05) is 0 Å². The smallest absolute Gasteiger partial charge is 0.330 e. The molecule has 0 amide bonds. The monoisotopic (exact) mass is 250 g/mol. The fraction of sp³-hybridized carbons (Fsp3) is 0.700. The van der Waals surface area contributed by atoms with E-state index in [1.165, 1.54) is 13.8 Å². The molecule has 0 bridgehead atoms. The summed E-state index contributed by atoms with van der Waals surface area (Å²) in [6.45, 7) is 8.11. The molecule has 0 aromatic rings. The molecule has 0 aromatic heterocycles. The summed E-state index contributed by atoms with van der Waals surface area (Å²) in [5, 5.41) is -0.900. The maximum absolute atomic E-state index is 11.6. The van der Waals surface area contributed by atoms with Gasteiger partial charge in [-0.25, -0.2) is 4.79 Å². The van der Waals surface area contributed by atoms with Crippen molar-refractivity contribution in [1.29, 1.82) is 0 Å². The van der Waals surface area contributed by atoms with Gasteiger partial charge in [-0.1, -0.05) is 13.5 Å². The van der Waals surface area contributed by atoms with Gasteiger partial charge < -0.3 is 4.74 Å². The van der Waals surface area contributed by atoms with E-state index in [-0.39, 0.29) is 6.61 Å². The fourth-order valence-electron chi connectivity index (χ4n) is 0.869. The topological polar surface area (TPSA) is 69.7 Å². The van der Waals surface area contributed by atoms with Crippen LogP contribution in [0.15, 0.2) is 12.7 Å². The van der Waals surface area contributed by atoms with Crippen LogP contribution in [0.2, 0.25) is 0 Å². The molecule has 0 aromatic carbocycles. The third-order valence-corrected chi connectivity index (χ3v) is 3.83. The number of carbonyl (C=O) groups is 1. The Bertz CT molecular complexity index is 333. The van der Waals surface area contributed by atoms with Crippen LogP contribution in [0, 0.1) is 0 Å². The van der Waals surface area contributed by atoms with E-state index in [1.54, 1.807) is 6.92 Å². The van der Waals surface area contributed by atoms with E-state index in [4.69, 9.17) is 8.92 Å². The zero-order chi connectivity index (χ0) is 12.8. The van der Waals surface area contributed by atoms with Crippen LogP contribution in [0.1, 0.15) is 27.2 Å². The predicted molar refractivity (Wildman–Crippen MR) is 60.4 cm³/mol. The van der Waals surface area contributed by atoms with Crippen LogP contribution in [0.4, 0.5) is 0 Å². The van der Waals surface area contributed by atoms with Gasteiger partial charge in [0, 0.05) is 6.08 Å². The summed E-state index contributed by atoms with van der Waals surface area (Å²) in [7, 11) is -3.69. The number of rotatable bonds is 7. The molecule has 0 saturated heterocycles. The van der Waals surface area contributed by atoms with Gasteiger partial charge in [-0.15, -0.1) is 0 Å². The maximum Gasteiger partial charge on any atom is 0.330 e. The first kappa shape index (κ1) is 15.1. The minimum atomic E-state index is -3.69. The highest BCUT2D eigenvalue weighted by atomic mass is 32.2. The molecule has 6 heteroatoms. The van der Waals surface area contributed by atoms with Crippen LogP contribution in [0.5, 0.6) is 0 Å². The average Bonchev–Trinajstić information content (AvgIpc) is 2.24. The van der Waals surface area contributed by atoms with Crippen molar-refractivity contribution in [3.8, 4) is 0 Å². The first-order valence-electron chi connectivity index (χ1n) is 5.06. The largest absolute Gasteiger partial charge is 0.458 e. The first-order chi connectivity index (χ1) is 7.35. The van der Waals surface area contributed by atoms with Gasteiger partial charge in [-0.3, -0.25) is 4.18 Å². The number of carbonyl (C=O) groups excluding carboxylic acids is 1. The van der Waals surface area contributed by atoms with Gasteiger partial charge >= 0.3 is 5.97 Å². The third-order valence-electron chi connectivity index (χ3n) is 2.04. The minimum absolute atomic E-state index is 0.134. The van der Waals surface area contributed by atoms with Gasteiger partial charge in [0.2, 0.25) is 0 Å². The van der Waals surface area contributed by atoms with Crippen LogP contribution in [-0.2, 0) is 23.8 Å². The highest BCUT2D eigenvalue weighted by molar-refractivity contribution is 7.87. The maximum atomic E-state index is 11.6. The molecule has 2 atom stereocenters. The third kappa shape index (κ3) is 4.76. The quantitative estimate of drug-likeness (QED) is 0.386. The molecule has 0 rings (SSSR count). The molecular weight excluding hydrogens is 232 g/mol. The van der Waals surface area contributed by atoms with Crippen LogP contribution in [-0.4, -0.2) is 32.3 Å². The highest BCUT2D eigenvalue weighted by Crippen LogP contribution is 2.12. The van der Waals surface area contributed by atoms with E-state index in [9.17, 15) is 13.2 Å². The lowest BCUT2D eigenvalue weighted by molar-refractivity contribution is -0.142. The van der Waals surface area contributed by atoms with Crippen LogP contribution in [0.3, 0.4) is 0 Å². The molecule has 16 heavy (non-hydrogen) atoms. The molecule has 0 aliphatic carbocycles. The summed E-state index contributed by atoms with van der Waals surface area (Å²) < 4.78 is 32.7. The summed E-state index contributed by atoms with van der Waals surface area (Å²) in [5.74, 6) is -0.648. The number of esters is 1. The summed E-state index contributed by atoms with van der Waals surface area (Å²) in [6.07, 6.45) is 0.822. The second-order valence-corrected chi connectivity index (χ2v) is 5.33. The zero-order valence-corrected chi connectivity index (χ0v) is 10.6. The van der Waals surface area contributed by atoms with E-state index in [0.717, 1.165) is 6.08 Å². The molecule has 0 radical (unpaired) electrons. The van der Waals surface area contributed by atoms with Gasteiger partial charge in [0.05, 0.1) is 6.61 Å². The summed E-state index contributed by atoms with van der Waals surface area (Å²) >= 11 is 0. The van der Waals surface area contributed by atoms with Gasteiger partial charge in [-0.2, -0.15) is 8.42 Å². The van der Waals surface area contributed by atoms with Gasteiger partial charge in [0.1, 0.15) is 11.4 Å². The molecule has 94 valence electrons. The molecule has 5 nitrogen and oxygen atoms in total. The van der Waals surface area contributed by atoms with Crippen LogP contribution >= 0.6 is 0 Å². The Morgan fingerprint density at radius 3 is 2.44 bits per heavy atom. The molecule has 2 unspecified atom stereocenters. The summed E-state index contributed by atoms with van der Waals surface area (Å²) in [5.41, 5.74) is 0. The molecule has 0 heterocycles. The average molecular weight is 250 g/mol. The van der Waals surface area contributed by atoms with Crippen LogP contribution < -0.4 is 0 Å². The van der Waals surface area contributed by atoms with Crippen molar-refractivity contribution in [1.82, 2.24) is 0 Å². The van der Waals surface area contributed by atoms with Gasteiger partial charge in [0.15, 0.2) is 0 Å². The van der Waals surface area contributed by atoms with Gasteiger partial charge in [-0.05, 0) is 20.3 Å². The van der Waals surface area contributed by atoms with E-state index < -0.39 is 27.4 Å². The number of hydrogen-bond acceptors (Lipinski definition) is 5. The van der Waals surface area contributed by atoms with Crippen molar-refractivity contribution in [3.63, 3.8) is 0 Å². The molecule has 0 aliphatic heterocycles. The summed E-state index contributed by atoms with van der Waals surface area (Å²) in [6, 6.07) is 0. The Balaban J connectivity index is 4.46. The summed E-state index contributed by atoms with van der Waals surface area (Å²) in [4.78, 5) is 10.9. The molecule has 0 fully saturated rings. The lowest BCUT2D eigenvalue weighted by atomic mass is 10.3. The van der Waals surface area contributed by atoms with Crippen molar-refractivity contribution in [3.05, 3.63) is 12.7 Å². The van der Waals surface area contributed by atoms with Crippen molar-refractivity contribution in [2.45, 2.75) is 38.5 Å². The standard InChI is InChI=1S/C10H18O5S/c1-5-7-14-16(12,13)9(4)8(3)15-10(11)6-2/h6,8-9H,2,5,7H2,1,3-4H3. The zero-order valence-electron chi connectivity index (χ0n) is 9.80. The minimum Gasteiger partial charge on any atom is -0.458 e. The van der Waals surface area contributed by atoms with E-state index in [2.05, 4.69) is 6.58 Å². The molecule has 0 aliphatic rings. The lowest BCUT2D eigenvalue weighted by Crippen LogP contribution is -2.34. The SMILES string of the molecule is C=CC(=O)OC(C)C(C)S(=O)(=O)OCCC. The Labute approximate surface area is 96.6 Å². The number of ether oxygens (including phenoxy) is 1. The Morgan fingerprint density at radius 1 is 1.44 bits per heavy atom. The van der Waals surface area contributed by atoms with Crippen LogP contribution in [0.25, 0.3) is 0 Å². The van der Waals surface area contributed by atoms with Crippen molar-refractivity contribution < 1.29 is 22.1 Å². The van der Waals surface area contributed by atoms with Crippen molar-refractivity contribution in [2.75, 3.05) is 6.61 Å². The van der Waals surface area contributed by atoms with Crippen molar-refractivity contribution >= 4 is 16.1 Å². The molecule has 0 spiro atoms. The number of hydrogen-bond donors (Lipinski definition) is 0. The molecule has 0 saturated carbocycles. The Kier molecular flexibility index (Phi) is 6.28. The van der Waals surface area contributed by atoms with E-state index >= 15 is 0 Å². The normalized spacial score (nSPS) is 15.2. The Hall–Kier alpha value is -0.880.